The van der Waals surface area contributed by atoms with Gasteiger partial charge in [-0.2, -0.15) is 0 Å². The molecule has 2 aromatic carbocycles. The highest BCUT2D eigenvalue weighted by molar-refractivity contribution is 5.92. The van der Waals surface area contributed by atoms with E-state index in [0.29, 0.717) is 11.4 Å². The molecule has 4 rings (SSSR count). The minimum Gasteiger partial charge on any atom is -0.309 e. The highest BCUT2D eigenvalue weighted by atomic mass is 19.2. The second-order valence-electron chi connectivity index (χ2n) is 8.27. The summed E-state index contributed by atoms with van der Waals surface area (Å²) in [6, 6.07) is 9.51. The Morgan fingerprint density at radius 3 is 2.33 bits per heavy atom. The van der Waals surface area contributed by atoms with Crippen LogP contribution in [0.2, 0.25) is 0 Å². The Balaban J connectivity index is 1.64. The maximum absolute atomic E-state index is 14.2. The van der Waals surface area contributed by atoms with Crippen LogP contribution in [0.5, 0.6) is 0 Å². The first kappa shape index (κ1) is 22.9. The number of nitrogens with one attached hydrogen (secondary N) is 1. The van der Waals surface area contributed by atoms with Crippen molar-refractivity contribution in [2.45, 2.75) is 51.4 Å². The average Bonchev–Trinajstić information content (AvgIpc) is 2.85. The van der Waals surface area contributed by atoms with E-state index in [2.05, 4.69) is 10.3 Å². The van der Waals surface area contributed by atoms with Crippen molar-refractivity contribution in [1.82, 2.24) is 9.97 Å². The van der Waals surface area contributed by atoms with Gasteiger partial charge in [0.1, 0.15) is 0 Å². The van der Waals surface area contributed by atoms with Crippen molar-refractivity contribution in [3.63, 3.8) is 0 Å². The molecule has 0 aliphatic heterocycles. The summed E-state index contributed by atoms with van der Waals surface area (Å²) in [5.41, 5.74) is 1.21. The third-order valence-corrected chi connectivity index (χ3v) is 6.08. The van der Waals surface area contributed by atoms with Gasteiger partial charge in [-0.05, 0) is 25.3 Å². The van der Waals surface area contributed by atoms with Crippen LogP contribution >= 0.6 is 0 Å². The SMILES string of the molecule is Cc1c(F)c(F)c(F)c(F)c1CC(=O)Nc1ncc(-c2ccccc2)nc1C1CCCCC1. The van der Waals surface area contributed by atoms with E-state index in [1.54, 1.807) is 6.20 Å². The summed E-state index contributed by atoms with van der Waals surface area (Å²) in [7, 11) is 0. The molecule has 0 saturated heterocycles. The normalized spacial score (nSPS) is 14.3. The Morgan fingerprint density at radius 2 is 1.64 bits per heavy atom. The number of carbonyl (C=O) groups excluding carboxylic acids is 1. The second-order valence-corrected chi connectivity index (χ2v) is 8.27. The standard InChI is InChI=1S/C25H23F4N3O/c1-14-17(21(27)23(29)22(28)20(14)26)12-19(33)32-25-24(16-10-6-3-7-11-16)31-18(13-30-25)15-8-4-2-5-9-15/h2,4-5,8-9,13,16H,3,6-7,10-12H2,1H3,(H,30,32,33). The summed E-state index contributed by atoms with van der Waals surface area (Å²) in [6.45, 7) is 1.10. The van der Waals surface area contributed by atoms with E-state index < -0.39 is 46.7 Å². The topological polar surface area (TPSA) is 54.9 Å². The van der Waals surface area contributed by atoms with Crippen molar-refractivity contribution in [3.05, 3.63) is 76.6 Å². The van der Waals surface area contributed by atoms with Crippen molar-refractivity contribution in [3.8, 4) is 11.3 Å². The Morgan fingerprint density at radius 1 is 0.970 bits per heavy atom. The molecule has 0 bridgehead atoms. The Hall–Kier alpha value is -3.29. The zero-order valence-electron chi connectivity index (χ0n) is 18.1. The van der Waals surface area contributed by atoms with Gasteiger partial charge in [-0.1, -0.05) is 49.6 Å². The van der Waals surface area contributed by atoms with Crippen LogP contribution in [0.25, 0.3) is 11.3 Å². The molecule has 1 amide bonds. The lowest BCUT2D eigenvalue weighted by atomic mass is 9.86. The molecular weight excluding hydrogens is 434 g/mol. The number of amides is 1. The van der Waals surface area contributed by atoms with Gasteiger partial charge >= 0.3 is 0 Å². The van der Waals surface area contributed by atoms with Gasteiger partial charge in [0.15, 0.2) is 29.1 Å². The molecule has 0 radical (unpaired) electrons. The van der Waals surface area contributed by atoms with E-state index in [0.717, 1.165) is 44.6 Å². The Kier molecular flexibility index (Phi) is 6.72. The number of hydrogen-bond acceptors (Lipinski definition) is 3. The van der Waals surface area contributed by atoms with Gasteiger partial charge in [0, 0.05) is 17.0 Å². The van der Waals surface area contributed by atoms with Gasteiger partial charge in [-0.25, -0.2) is 27.5 Å². The van der Waals surface area contributed by atoms with E-state index in [1.807, 2.05) is 30.3 Å². The first-order valence-corrected chi connectivity index (χ1v) is 10.9. The number of hydrogen-bond donors (Lipinski definition) is 1. The minimum atomic E-state index is -1.93. The van der Waals surface area contributed by atoms with Crippen LogP contribution in [-0.2, 0) is 11.2 Å². The van der Waals surface area contributed by atoms with Crippen molar-refractivity contribution in [1.29, 1.82) is 0 Å². The summed E-state index contributed by atoms with van der Waals surface area (Å²) in [5.74, 6) is -7.28. The lowest BCUT2D eigenvalue weighted by molar-refractivity contribution is -0.115. The zero-order valence-corrected chi connectivity index (χ0v) is 18.1. The van der Waals surface area contributed by atoms with Crippen LogP contribution in [-0.4, -0.2) is 15.9 Å². The molecule has 8 heteroatoms. The lowest BCUT2D eigenvalue weighted by Crippen LogP contribution is -2.21. The zero-order chi connectivity index (χ0) is 23.5. The van der Waals surface area contributed by atoms with Crippen molar-refractivity contribution in [2.75, 3.05) is 5.32 Å². The van der Waals surface area contributed by atoms with Gasteiger partial charge in [0.25, 0.3) is 0 Å². The van der Waals surface area contributed by atoms with Crippen LogP contribution in [0, 0.1) is 30.2 Å². The third kappa shape index (κ3) is 4.74. The Bertz CT molecular complexity index is 1150. The first-order chi connectivity index (χ1) is 15.9. The fourth-order valence-electron chi connectivity index (χ4n) is 4.24. The molecule has 0 atom stereocenters. The number of benzene rings is 2. The molecular formula is C25H23F4N3O. The van der Waals surface area contributed by atoms with Gasteiger partial charge in [0.2, 0.25) is 5.91 Å². The van der Waals surface area contributed by atoms with Gasteiger partial charge < -0.3 is 5.32 Å². The molecule has 1 aliphatic carbocycles. The van der Waals surface area contributed by atoms with Crippen LogP contribution in [0.15, 0.2) is 36.5 Å². The summed E-state index contributed by atoms with van der Waals surface area (Å²) in [6.07, 6.45) is 5.88. The summed E-state index contributed by atoms with van der Waals surface area (Å²) in [4.78, 5) is 21.9. The predicted octanol–water partition coefficient (Wildman–Crippen LogP) is 6.24. The lowest BCUT2D eigenvalue weighted by Gasteiger charge is -2.23. The van der Waals surface area contributed by atoms with Crippen LogP contribution in [0.4, 0.5) is 23.4 Å². The number of nitrogens with zero attached hydrogens (tertiary/aromatic N) is 2. The van der Waals surface area contributed by atoms with Crippen LogP contribution < -0.4 is 5.32 Å². The number of aromatic nitrogens is 2. The van der Waals surface area contributed by atoms with Gasteiger partial charge in [-0.3, -0.25) is 4.79 Å². The molecule has 33 heavy (non-hydrogen) atoms. The van der Waals surface area contributed by atoms with Crippen molar-refractivity contribution in [2.24, 2.45) is 0 Å². The molecule has 0 unspecified atom stereocenters. The van der Waals surface area contributed by atoms with Crippen LogP contribution in [0.3, 0.4) is 0 Å². The van der Waals surface area contributed by atoms with E-state index in [9.17, 15) is 22.4 Å². The van der Waals surface area contributed by atoms with E-state index in [4.69, 9.17) is 4.98 Å². The summed E-state index contributed by atoms with van der Waals surface area (Å²) >= 11 is 0. The maximum Gasteiger partial charge on any atom is 0.230 e. The van der Waals surface area contributed by atoms with Gasteiger partial charge in [0.05, 0.1) is 24.0 Å². The second kappa shape index (κ2) is 9.68. The molecule has 0 spiro atoms. The molecule has 1 aliphatic rings. The van der Waals surface area contributed by atoms with Gasteiger partial charge in [-0.15, -0.1) is 0 Å². The fourth-order valence-corrected chi connectivity index (χ4v) is 4.24. The molecule has 3 aromatic rings. The highest BCUT2D eigenvalue weighted by Gasteiger charge is 2.26. The fraction of sp³-hybridized carbons (Fsp3) is 0.320. The summed E-state index contributed by atoms with van der Waals surface area (Å²) < 4.78 is 55.2. The molecule has 1 N–H and O–H groups in total. The van der Waals surface area contributed by atoms with E-state index in [-0.39, 0.29) is 11.7 Å². The number of anilines is 1. The van der Waals surface area contributed by atoms with E-state index >= 15 is 0 Å². The number of halogens is 4. The number of carbonyl (C=O) groups is 1. The highest BCUT2D eigenvalue weighted by Crippen LogP contribution is 2.36. The summed E-state index contributed by atoms with van der Waals surface area (Å²) in [5, 5.41) is 2.63. The maximum atomic E-state index is 14.2. The van der Waals surface area contributed by atoms with Crippen LogP contribution in [0.1, 0.15) is 54.8 Å². The molecule has 172 valence electrons. The Labute approximate surface area is 189 Å². The average molecular weight is 457 g/mol. The molecule has 4 nitrogen and oxygen atoms in total. The number of rotatable bonds is 5. The predicted molar refractivity (Wildman–Crippen MR) is 117 cm³/mol. The molecule has 1 fully saturated rings. The quantitative estimate of drug-likeness (QED) is 0.280. The third-order valence-electron chi connectivity index (χ3n) is 6.08. The van der Waals surface area contributed by atoms with Crippen molar-refractivity contribution >= 4 is 11.7 Å². The largest absolute Gasteiger partial charge is 0.309 e. The first-order valence-electron chi connectivity index (χ1n) is 10.9. The minimum absolute atomic E-state index is 0.101. The molecule has 1 saturated carbocycles. The van der Waals surface area contributed by atoms with Crippen molar-refractivity contribution < 1.29 is 22.4 Å². The molecule has 1 heterocycles. The monoisotopic (exact) mass is 457 g/mol. The van der Waals surface area contributed by atoms with E-state index in [1.165, 1.54) is 0 Å². The smallest absolute Gasteiger partial charge is 0.230 e. The molecule has 1 aromatic heterocycles.